The van der Waals surface area contributed by atoms with E-state index in [1.807, 2.05) is 0 Å². The largest absolute Gasteiger partial charge is 0.467 e. The molecule has 0 spiro atoms. The second-order valence-corrected chi connectivity index (χ2v) is 2.90. The van der Waals surface area contributed by atoms with Crippen LogP contribution in [0.3, 0.4) is 0 Å². The predicted octanol–water partition coefficient (Wildman–Crippen LogP) is 0.170. The first-order chi connectivity index (χ1) is 8.10. The Hall–Kier alpha value is -2.06. The lowest BCUT2D eigenvalue weighted by atomic mass is 10.2. The van der Waals surface area contributed by atoms with Gasteiger partial charge >= 0.3 is 5.97 Å². The minimum absolute atomic E-state index is 0.122. The lowest BCUT2D eigenvalue weighted by molar-refractivity contribution is -0.385. The van der Waals surface area contributed by atoms with Gasteiger partial charge in [-0.15, -0.1) is 0 Å². The van der Waals surface area contributed by atoms with Gasteiger partial charge in [-0.25, -0.2) is 4.79 Å². The van der Waals surface area contributed by atoms with Crippen molar-refractivity contribution in [2.24, 2.45) is 0 Å². The lowest BCUT2D eigenvalue weighted by Gasteiger charge is -2.12. The summed E-state index contributed by atoms with van der Waals surface area (Å²) in [6.45, 7) is -0.696. The first-order valence-electron chi connectivity index (χ1n) is 4.50. The van der Waals surface area contributed by atoms with Crippen LogP contribution in [0.2, 0.25) is 0 Å². The van der Waals surface area contributed by atoms with Gasteiger partial charge in [0.25, 0.3) is 5.69 Å². The zero-order chi connectivity index (χ0) is 12.8. The number of carbonyl (C=O) groups excluding carboxylic acids is 1. The van der Waals surface area contributed by atoms with Crippen molar-refractivity contribution in [3.05, 3.63) is 34.1 Å². The highest BCUT2D eigenvalue weighted by atomic mass is 16.6. The molecule has 0 saturated heterocycles. The molecule has 8 heteroatoms. The van der Waals surface area contributed by atoms with Crippen LogP contribution in [0.1, 0.15) is 11.8 Å². The van der Waals surface area contributed by atoms with Crippen LogP contribution in [0.4, 0.5) is 5.69 Å². The average molecular weight is 242 g/mol. The second-order valence-electron chi connectivity index (χ2n) is 2.90. The third-order valence-electron chi connectivity index (χ3n) is 1.91. The van der Waals surface area contributed by atoms with Crippen molar-refractivity contribution in [2.75, 3.05) is 13.9 Å². The monoisotopic (exact) mass is 242 g/mol. The fourth-order valence-corrected chi connectivity index (χ4v) is 1.12. The number of hydrogen-bond acceptors (Lipinski definition) is 7. The van der Waals surface area contributed by atoms with Crippen molar-refractivity contribution in [1.29, 1.82) is 0 Å². The first-order valence-corrected chi connectivity index (χ1v) is 4.50. The van der Waals surface area contributed by atoms with Gasteiger partial charge in [-0.3, -0.25) is 15.1 Å². The third-order valence-corrected chi connectivity index (χ3v) is 1.91. The number of aliphatic hydroxyl groups excluding tert-OH is 1. The van der Waals surface area contributed by atoms with Crippen LogP contribution in [-0.2, 0) is 14.3 Å². The van der Waals surface area contributed by atoms with E-state index in [0.717, 1.165) is 13.3 Å². The quantitative estimate of drug-likeness (QED) is 0.339. The Balaban J connectivity index is 2.94. The molecule has 1 unspecified atom stereocenters. The molecule has 1 atom stereocenters. The Bertz CT molecular complexity index is 404. The Morgan fingerprint density at radius 2 is 2.35 bits per heavy atom. The molecule has 1 rings (SSSR count). The van der Waals surface area contributed by atoms with Gasteiger partial charge in [0.2, 0.25) is 0 Å². The molecule has 0 aromatic carbocycles. The van der Waals surface area contributed by atoms with Crippen LogP contribution in [-0.4, -0.2) is 34.9 Å². The van der Waals surface area contributed by atoms with Gasteiger partial charge in [0.05, 0.1) is 17.7 Å². The van der Waals surface area contributed by atoms with Crippen LogP contribution < -0.4 is 0 Å². The highest BCUT2D eigenvalue weighted by molar-refractivity contribution is 5.75. The van der Waals surface area contributed by atoms with E-state index < -0.39 is 23.8 Å². The Morgan fingerprint density at radius 3 is 2.76 bits per heavy atom. The number of aliphatic hydroxyl groups is 1. The Kier molecular flexibility index (Phi) is 4.49. The number of carbonyl (C=O) groups is 1. The number of rotatable bonds is 5. The van der Waals surface area contributed by atoms with Gasteiger partial charge in [0, 0.05) is 6.07 Å². The lowest BCUT2D eigenvalue weighted by Crippen LogP contribution is -2.19. The summed E-state index contributed by atoms with van der Waals surface area (Å²) in [6.07, 6.45) is -0.211. The van der Waals surface area contributed by atoms with E-state index in [2.05, 4.69) is 9.72 Å². The smallest absolute Gasteiger partial charge is 0.341 e. The highest BCUT2D eigenvalue weighted by Crippen LogP contribution is 2.18. The zero-order valence-electron chi connectivity index (χ0n) is 8.90. The molecular weight excluding hydrogens is 232 g/mol. The minimum Gasteiger partial charge on any atom is -0.467 e. The van der Waals surface area contributed by atoms with Gasteiger partial charge in [-0.1, -0.05) is 0 Å². The molecule has 1 aromatic rings. The first kappa shape index (κ1) is 13.0. The van der Waals surface area contributed by atoms with Gasteiger partial charge < -0.3 is 14.6 Å². The van der Waals surface area contributed by atoms with Crippen molar-refractivity contribution in [3.8, 4) is 0 Å². The van der Waals surface area contributed by atoms with Gasteiger partial charge in [-0.05, 0) is 6.07 Å². The molecule has 8 nitrogen and oxygen atoms in total. The Labute approximate surface area is 95.9 Å². The van der Waals surface area contributed by atoms with Crippen LogP contribution in [0.15, 0.2) is 18.3 Å². The zero-order valence-corrected chi connectivity index (χ0v) is 8.90. The van der Waals surface area contributed by atoms with Gasteiger partial charge in [-0.2, -0.15) is 0 Å². The summed E-state index contributed by atoms with van der Waals surface area (Å²) in [5.41, 5.74) is -0.0853. The third kappa shape index (κ3) is 3.20. The number of nitro groups is 1. The number of hydrogen-bond donors (Lipinski definition) is 1. The molecule has 0 saturated carbocycles. The molecule has 0 aliphatic heterocycles. The molecule has 0 fully saturated rings. The molecule has 0 aliphatic carbocycles. The van der Waals surface area contributed by atoms with E-state index in [1.54, 1.807) is 0 Å². The topological polar surface area (TPSA) is 112 Å². The predicted molar refractivity (Wildman–Crippen MR) is 53.8 cm³/mol. The van der Waals surface area contributed by atoms with E-state index in [-0.39, 0.29) is 11.4 Å². The van der Waals surface area contributed by atoms with Gasteiger partial charge in [0.15, 0.2) is 6.10 Å². The second kappa shape index (κ2) is 5.87. The standard InChI is InChI=1S/C9H10N2O6/c1-16-9(13)8(17-5-12)7-3-2-6(4-10-7)11(14)15/h2-4,8,12H,5H2,1H3. The maximum atomic E-state index is 11.3. The minimum atomic E-state index is -1.20. The molecule has 1 aromatic heterocycles. The molecule has 0 radical (unpaired) electrons. The fraction of sp³-hybridized carbons (Fsp3) is 0.333. The van der Waals surface area contributed by atoms with E-state index >= 15 is 0 Å². The Morgan fingerprint density at radius 1 is 1.65 bits per heavy atom. The van der Waals surface area contributed by atoms with Crippen molar-refractivity contribution < 1.29 is 24.3 Å². The summed E-state index contributed by atoms with van der Waals surface area (Å²) in [4.78, 5) is 24.8. The van der Waals surface area contributed by atoms with E-state index in [1.165, 1.54) is 12.1 Å². The van der Waals surface area contributed by atoms with E-state index in [0.29, 0.717) is 0 Å². The highest BCUT2D eigenvalue weighted by Gasteiger charge is 2.24. The normalized spacial score (nSPS) is 11.9. The molecule has 92 valence electrons. The molecule has 17 heavy (non-hydrogen) atoms. The summed E-state index contributed by atoms with van der Waals surface area (Å²) in [5, 5.41) is 19.0. The number of ether oxygens (including phenoxy) is 2. The number of esters is 1. The van der Waals surface area contributed by atoms with Crippen LogP contribution >= 0.6 is 0 Å². The molecule has 0 bridgehead atoms. The maximum Gasteiger partial charge on any atom is 0.341 e. The van der Waals surface area contributed by atoms with Crippen LogP contribution in [0.5, 0.6) is 0 Å². The molecule has 1 heterocycles. The molecule has 0 aliphatic rings. The SMILES string of the molecule is COC(=O)C(OCO)c1ccc([N+](=O)[O-])cn1. The summed E-state index contributed by atoms with van der Waals surface area (Å²) in [6, 6.07) is 2.44. The number of aromatic nitrogens is 1. The summed E-state index contributed by atoms with van der Waals surface area (Å²) in [5.74, 6) is -0.750. The van der Waals surface area contributed by atoms with Crippen LogP contribution in [0.25, 0.3) is 0 Å². The number of nitrogens with zero attached hydrogens (tertiary/aromatic N) is 2. The average Bonchev–Trinajstić information content (AvgIpc) is 2.35. The van der Waals surface area contributed by atoms with Gasteiger partial charge in [0.1, 0.15) is 13.0 Å². The fourth-order valence-electron chi connectivity index (χ4n) is 1.12. The number of pyridine rings is 1. The summed E-state index contributed by atoms with van der Waals surface area (Å²) in [7, 11) is 1.15. The van der Waals surface area contributed by atoms with Crippen molar-refractivity contribution >= 4 is 11.7 Å². The maximum absolute atomic E-state index is 11.3. The molecular formula is C9H10N2O6. The van der Waals surface area contributed by atoms with Crippen molar-refractivity contribution in [3.63, 3.8) is 0 Å². The van der Waals surface area contributed by atoms with E-state index in [9.17, 15) is 14.9 Å². The summed E-state index contributed by atoms with van der Waals surface area (Å²) < 4.78 is 9.18. The van der Waals surface area contributed by atoms with Crippen molar-refractivity contribution in [1.82, 2.24) is 4.98 Å². The van der Waals surface area contributed by atoms with E-state index in [4.69, 9.17) is 9.84 Å². The number of methoxy groups -OCH3 is 1. The molecule has 1 N–H and O–H groups in total. The van der Waals surface area contributed by atoms with Crippen LogP contribution in [0, 0.1) is 10.1 Å². The molecule has 0 amide bonds. The van der Waals surface area contributed by atoms with Crippen molar-refractivity contribution in [2.45, 2.75) is 6.10 Å². The summed E-state index contributed by atoms with van der Waals surface area (Å²) >= 11 is 0.